The molecule has 2 heterocycles. The Kier molecular flexibility index (Phi) is 6.41. The van der Waals surface area contributed by atoms with E-state index < -0.39 is 0 Å². The number of hydrogen-bond acceptors (Lipinski definition) is 6. The van der Waals surface area contributed by atoms with Crippen molar-refractivity contribution in [3.8, 4) is 5.75 Å². The van der Waals surface area contributed by atoms with Gasteiger partial charge in [0.05, 0.1) is 12.6 Å². The summed E-state index contributed by atoms with van der Waals surface area (Å²) in [5.74, 6) is 1.42. The van der Waals surface area contributed by atoms with Crippen LogP contribution in [-0.4, -0.2) is 58.4 Å². The van der Waals surface area contributed by atoms with Crippen molar-refractivity contribution >= 4 is 5.69 Å². The third-order valence-corrected chi connectivity index (χ3v) is 6.48. The fourth-order valence-corrected chi connectivity index (χ4v) is 4.23. The van der Waals surface area contributed by atoms with E-state index in [-0.39, 0.29) is 17.4 Å². The lowest BCUT2D eigenvalue weighted by molar-refractivity contribution is 0.184. The van der Waals surface area contributed by atoms with Crippen LogP contribution < -0.4 is 9.64 Å². The minimum atomic E-state index is -0.214. The molecular weight excluding hydrogens is 407 g/mol. The highest BCUT2D eigenvalue weighted by Crippen LogP contribution is 2.36. The second-order valence-electron chi connectivity index (χ2n) is 8.76. The molecule has 1 aliphatic heterocycles. The van der Waals surface area contributed by atoms with Crippen LogP contribution in [0.15, 0.2) is 48.5 Å². The van der Waals surface area contributed by atoms with Crippen molar-refractivity contribution in [3.05, 3.63) is 65.7 Å². The number of rotatable bonds is 7. The number of anilines is 1. The number of aromatic nitrogens is 4. The van der Waals surface area contributed by atoms with Crippen molar-refractivity contribution in [1.82, 2.24) is 25.1 Å². The predicted octanol–water partition coefficient (Wildman–Crippen LogP) is 3.88. The molecule has 170 valence electrons. The summed E-state index contributed by atoms with van der Waals surface area (Å²) in [6, 6.07) is 14.6. The van der Waals surface area contributed by atoms with Crippen LogP contribution in [0.5, 0.6) is 5.75 Å². The Bertz CT molecular complexity index is 1030. The molecular formula is C24H31FN6O. The lowest BCUT2D eigenvalue weighted by Gasteiger charge is -2.40. The summed E-state index contributed by atoms with van der Waals surface area (Å²) >= 11 is 0. The molecule has 1 saturated heterocycles. The number of halogens is 1. The minimum absolute atomic E-state index is 0.137. The molecule has 0 unspecified atom stereocenters. The van der Waals surface area contributed by atoms with Gasteiger partial charge in [0.2, 0.25) is 0 Å². The number of para-hydroxylation sites is 1. The molecule has 4 rings (SSSR count). The van der Waals surface area contributed by atoms with Gasteiger partial charge in [-0.1, -0.05) is 25.1 Å². The van der Waals surface area contributed by atoms with Crippen LogP contribution >= 0.6 is 0 Å². The number of benzene rings is 2. The normalized spacial score (nSPS) is 16.2. The second kappa shape index (κ2) is 9.24. The van der Waals surface area contributed by atoms with Gasteiger partial charge in [0.15, 0.2) is 5.82 Å². The van der Waals surface area contributed by atoms with Gasteiger partial charge in [-0.05, 0) is 61.0 Å². The van der Waals surface area contributed by atoms with E-state index in [0.717, 1.165) is 55.4 Å². The first-order valence-corrected chi connectivity index (χ1v) is 11.1. The van der Waals surface area contributed by atoms with Crippen LogP contribution in [-0.2, 0) is 5.54 Å². The van der Waals surface area contributed by atoms with E-state index in [0.29, 0.717) is 0 Å². The summed E-state index contributed by atoms with van der Waals surface area (Å²) in [6.07, 6.45) is 0.905. The van der Waals surface area contributed by atoms with Gasteiger partial charge in [-0.2, -0.15) is 0 Å². The smallest absolute Gasteiger partial charge is 0.173 e. The Morgan fingerprint density at radius 3 is 2.38 bits per heavy atom. The highest BCUT2D eigenvalue weighted by molar-refractivity contribution is 5.47. The minimum Gasteiger partial charge on any atom is -0.496 e. The second-order valence-corrected chi connectivity index (χ2v) is 8.76. The highest BCUT2D eigenvalue weighted by Gasteiger charge is 2.35. The van der Waals surface area contributed by atoms with E-state index in [1.54, 1.807) is 7.11 Å². The molecule has 0 amide bonds. The number of nitrogens with zero attached hydrogens (tertiary/aromatic N) is 6. The first-order valence-electron chi connectivity index (χ1n) is 11.1. The maximum atomic E-state index is 13.3. The van der Waals surface area contributed by atoms with Crippen LogP contribution in [0.4, 0.5) is 10.1 Å². The molecule has 0 spiro atoms. The maximum Gasteiger partial charge on any atom is 0.173 e. The van der Waals surface area contributed by atoms with Gasteiger partial charge in [0.1, 0.15) is 17.6 Å². The van der Waals surface area contributed by atoms with E-state index in [2.05, 4.69) is 52.2 Å². The van der Waals surface area contributed by atoms with Crippen LogP contribution in [0, 0.1) is 5.82 Å². The van der Waals surface area contributed by atoms with Gasteiger partial charge in [0.25, 0.3) is 0 Å². The third-order valence-electron chi connectivity index (χ3n) is 6.48. The van der Waals surface area contributed by atoms with E-state index >= 15 is 0 Å². The zero-order chi connectivity index (χ0) is 22.7. The Morgan fingerprint density at radius 2 is 1.72 bits per heavy atom. The molecule has 1 fully saturated rings. The van der Waals surface area contributed by atoms with Crippen LogP contribution in [0.1, 0.15) is 44.6 Å². The maximum absolute atomic E-state index is 13.3. The molecule has 0 radical (unpaired) electrons. The summed E-state index contributed by atoms with van der Waals surface area (Å²) in [6.45, 7) is 9.74. The standard InChI is InChI=1S/C24H31FN6O/c1-5-24(2,3)31-23(26-27-28-31)22(20-8-6-7-9-21(20)32-4)30-16-14-29(15-17-30)19-12-10-18(25)11-13-19/h6-13,22H,5,14-17H2,1-4H3/t22-/m1/s1. The molecule has 0 bridgehead atoms. The van der Waals surface area contributed by atoms with E-state index in [4.69, 9.17) is 4.74 Å². The largest absolute Gasteiger partial charge is 0.496 e. The Balaban J connectivity index is 1.67. The molecule has 8 heteroatoms. The van der Waals surface area contributed by atoms with Crippen LogP contribution in [0.2, 0.25) is 0 Å². The fourth-order valence-electron chi connectivity index (χ4n) is 4.23. The van der Waals surface area contributed by atoms with Crippen molar-refractivity contribution in [2.75, 3.05) is 38.2 Å². The molecule has 1 aliphatic rings. The third kappa shape index (κ3) is 4.32. The molecule has 2 aromatic carbocycles. The van der Waals surface area contributed by atoms with E-state index in [1.807, 2.05) is 35.0 Å². The van der Waals surface area contributed by atoms with Gasteiger partial charge in [-0.3, -0.25) is 4.90 Å². The summed E-state index contributed by atoms with van der Waals surface area (Å²) in [5.41, 5.74) is 1.87. The lowest BCUT2D eigenvalue weighted by atomic mass is 9.98. The number of methoxy groups -OCH3 is 1. The molecule has 0 aliphatic carbocycles. The zero-order valence-electron chi connectivity index (χ0n) is 19.2. The molecule has 3 aromatic rings. The summed E-state index contributed by atoms with van der Waals surface area (Å²) < 4.78 is 21.0. The first kappa shape index (κ1) is 22.2. The highest BCUT2D eigenvalue weighted by atomic mass is 19.1. The number of tetrazole rings is 1. The van der Waals surface area contributed by atoms with Gasteiger partial charge in [-0.15, -0.1) is 5.10 Å². The number of piperazine rings is 1. The fraction of sp³-hybridized carbons (Fsp3) is 0.458. The Labute approximate surface area is 188 Å². The number of hydrogen-bond donors (Lipinski definition) is 0. The van der Waals surface area contributed by atoms with Crippen LogP contribution in [0.25, 0.3) is 0 Å². The Morgan fingerprint density at radius 1 is 1.03 bits per heavy atom. The average molecular weight is 439 g/mol. The monoisotopic (exact) mass is 438 g/mol. The summed E-state index contributed by atoms with van der Waals surface area (Å²) in [7, 11) is 1.70. The molecule has 32 heavy (non-hydrogen) atoms. The topological polar surface area (TPSA) is 59.3 Å². The van der Waals surface area contributed by atoms with Crippen molar-refractivity contribution < 1.29 is 9.13 Å². The molecule has 1 aromatic heterocycles. The summed E-state index contributed by atoms with van der Waals surface area (Å²) in [5, 5.41) is 12.9. The van der Waals surface area contributed by atoms with E-state index in [1.165, 1.54) is 12.1 Å². The van der Waals surface area contributed by atoms with Crippen molar-refractivity contribution in [3.63, 3.8) is 0 Å². The first-order chi connectivity index (χ1) is 15.4. The van der Waals surface area contributed by atoms with Crippen LogP contribution in [0.3, 0.4) is 0 Å². The summed E-state index contributed by atoms with van der Waals surface area (Å²) in [4.78, 5) is 4.69. The quantitative estimate of drug-likeness (QED) is 0.558. The van der Waals surface area contributed by atoms with Gasteiger partial charge >= 0.3 is 0 Å². The van der Waals surface area contributed by atoms with Gasteiger partial charge in [0, 0.05) is 37.4 Å². The predicted molar refractivity (Wildman–Crippen MR) is 122 cm³/mol. The molecule has 1 atom stereocenters. The van der Waals surface area contributed by atoms with Crippen molar-refractivity contribution in [2.45, 2.75) is 38.8 Å². The van der Waals surface area contributed by atoms with Crippen molar-refractivity contribution in [1.29, 1.82) is 0 Å². The van der Waals surface area contributed by atoms with Gasteiger partial charge < -0.3 is 9.64 Å². The van der Waals surface area contributed by atoms with Gasteiger partial charge in [-0.25, -0.2) is 9.07 Å². The SMILES string of the molecule is CCC(C)(C)n1nnnc1[C@@H](c1ccccc1OC)N1CCN(c2ccc(F)cc2)CC1. The zero-order valence-corrected chi connectivity index (χ0v) is 19.2. The van der Waals surface area contributed by atoms with Crippen molar-refractivity contribution in [2.24, 2.45) is 0 Å². The van der Waals surface area contributed by atoms with E-state index in [9.17, 15) is 4.39 Å². The Hall–Kier alpha value is -3.00. The lowest BCUT2D eigenvalue weighted by Crippen LogP contribution is -2.49. The molecule has 0 N–H and O–H groups in total. The average Bonchev–Trinajstić information content (AvgIpc) is 3.31. The number of ether oxygens (including phenoxy) is 1. The molecule has 7 nitrogen and oxygen atoms in total. The molecule has 0 saturated carbocycles.